The molecule has 2 atom stereocenters. The fourth-order valence-corrected chi connectivity index (χ4v) is 4.07. The molecule has 1 saturated heterocycles. The van der Waals surface area contributed by atoms with Crippen molar-refractivity contribution in [2.24, 2.45) is 11.8 Å². The van der Waals surface area contributed by atoms with Gasteiger partial charge in [-0.25, -0.2) is 10.5 Å². The molecule has 1 aliphatic carbocycles. The van der Waals surface area contributed by atoms with E-state index in [9.17, 15) is 19.6 Å². The van der Waals surface area contributed by atoms with E-state index in [4.69, 9.17) is 0 Å². The molecule has 9 heteroatoms. The highest BCUT2D eigenvalue weighted by Gasteiger charge is 2.38. The summed E-state index contributed by atoms with van der Waals surface area (Å²) >= 11 is 0. The van der Waals surface area contributed by atoms with Crippen molar-refractivity contribution in [3.05, 3.63) is 24.5 Å². The largest absolute Gasteiger partial charge is 0.324 e. The highest BCUT2D eigenvalue weighted by molar-refractivity contribution is 5.97. The number of aromatic nitrogens is 1. The molecule has 1 aromatic rings. The van der Waals surface area contributed by atoms with Crippen LogP contribution in [0.1, 0.15) is 38.5 Å². The molecule has 2 heterocycles. The van der Waals surface area contributed by atoms with Crippen LogP contribution in [0.3, 0.4) is 0 Å². The first kappa shape index (κ1) is 20.2. The quantitative estimate of drug-likeness (QED) is 0.349. The van der Waals surface area contributed by atoms with Gasteiger partial charge in [0.1, 0.15) is 6.04 Å². The summed E-state index contributed by atoms with van der Waals surface area (Å²) in [6.07, 6.45) is 8.94. The van der Waals surface area contributed by atoms with Crippen molar-refractivity contribution in [1.29, 1.82) is 0 Å². The first-order valence-corrected chi connectivity index (χ1v) is 9.76. The average molecular weight is 389 g/mol. The average Bonchev–Trinajstić information content (AvgIpc) is 3.39. The summed E-state index contributed by atoms with van der Waals surface area (Å²) in [4.78, 5) is 40.6. The van der Waals surface area contributed by atoms with Crippen molar-refractivity contribution >= 4 is 23.9 Å². The molecule has 0 radical (unpaired) electrons. The van der Waals surface area contributed by atoms with Crippen LogP contribution in [0.25, 0.3) is 0 Å². The Morgan fingerprint density at radius 2 is 2.04 bits per heavy atom. The molecule has 2 unspecified atom stereocenters. The number of carbonyl (C=O) groups excluding carboxylic acids is 3. The smallest absolute Gasteiger partial charge is 0.248 e. The molecule has 0 spiro atoms. The Hall–Kier alpha value is -2.52. The maximum absolute atomic E-state index is 13.2. The van der Waals surface area contributed by atoms with E-state index in [1.807, 2.05) is 0 Å². The predicted octanol–water partition coefficient (Wildman–Crippen LogP) is 1.17. The molecule has 2 fully saturated rings. The van der Waals surface area contributed by atoms with E-state index in [1.165, 1.54) is 5.01 Å². The van der Waals surface area contributed by atoms with E-state index < -0.39 is 12.0 Å². The number of hydrazine groups is 1. The van der Waals surface area contributed by atoms with Crippen LogP contribution in [0.15, 0.2) is 24.5 Å². The standard InChI is InChI=1S/C19H27N5O4/c25-13-23(28)12-15(11-14-3-1-2-4-14)19(27)24-17(7-10-21-24)18(26)22-16-5-8-20-9-6-16/h5-6,8-9,13-15,17,21,28H,1-4,7,10-12H2,(H,20,22,26). The minimum atomic E-state index is -0.643. The van der Waals surface area contributed by atoms with Crippen molar-refractivity contribution in [3.8, 4) is 0 Å². The van der Waals surface area contributed by atoms with Crippen molar-refractivity contribution in [2.75, 3.05) is 18.4 Å². The lowest BCUT2D eigenvalue weighted by atomic mass is 9.92. The lowest BCUT2D eigenvalue weighted by Crippen LogP contribution is -2.51. The molecular weight excluding hydrogens is 362 g/mol. The van der Waals surface area contributed by atoms with Crippen LogP contribution in [0.2, 0.25) is 0 Å². The molecule has 2 aliphatic rings. The first-order chi connectivity index (χ1) is 13.6. The van der Waals surface area contributed by atoms with Crippen LogP contribution in [0.4, 0.5) is 5.69 Å². The first-order valence-electron chi connectivity index (χ1n) is 9.76. The molecule has 152 valence electrons. The molecule has 0 bridgehead atoms. The van der Waals surface area contributed by atoms with Gasteiger partial charge in [0.05, 0.1) is 12.5 Å². The Kier molecular flexibility index (Phi) is 6.94. The van der Waals surface area contributed by atoms with Crippen LogP contribution in [-0.4, -0.2) is 57.6 Å². The minimum Gasteiger partial charge on any atom is -0.324 e. The van der Waals surface area contributed by atoms with E-state index in [0.717, 1.165) is 25.7 Å². The van der Waals surface area contributed by atoms with Crippen molar-refractivity contribution < 1.29 is 19.6 Å². The van der Waals surface area contributed by atoms with Gasteiger partial charge in [-0.15, -0.1) is 0 Å². The van der Waals surface area contributed by atoms with Gasteiger partial charge in [0.25, 0.3) is 0 Å². The third-order valence-electron chi connectivity index (χ3n) is 5.47. The van der Waals surface area contributed by atoms with Gasteiger partial charge in [0.2, 0.25) is 18.2 Å². The Labute approximate surface area is 164 Å². The number of hydroxylamine groups is 2. The van der Waals surface area contributed by atoms with Gasteiger partial charge < -0.3 is 5.32 Å². The van der Waals surface area contributed by atoms with E-state index in [-0.39, 0.29) is 18.4 Å². The number of rotatable bonds is 8. The van der Waals surface area contributed by atoms with E-state index in [1.54, 1.807) is 24.5 Å². The van der Waals surface area contributed by atoms with Gasteiger partial charge in [0, 0.05) is 24.6 Å². The number of hydrogen-bond donors (Lipinski definition) is 3. The van der Waals surface area contributed by atoms with Gasteiger partial charge in [0.15, 0.2) is 0 Å². The van der Waals surface area contributed by atoms with Crippen molar-refractivity contribution in [3.63, 3.8) is 0 Å². The zero-order valence-corrected chi connectivity index (χ0v) is 15.8. The SMILES string of the molecule is O=CN(O)CC(CC1CCCC1)C(=O)N1NCCC1C(=O)Nc1ccncc1. The fraction of sp³-hybridized carbons (Fsp3) is 0.579. The summed E-state index contributed by atoms with van der Waals surface area (Å²) in [5, 5.41) is 14.3. The molecule has 28 heavy (non-hydrogen) atoms. The van der Waals surface area contributed by atoms with Crippen LogP contribution < -0.4 is 10.7 Å². The molecular formula is C19H27N5O4. The topological polar surface area (TPSA) is 115 Å². The molecule has 1 aliphatic heterocycles. The number of nitrogens with one attached hydrogen (secondary N) is 2. The summed E-state index contributed by atoms with van der Waals surface area (Å²) in [7, 11) is 0. The second-order valence-corrected chi connectivity index (χ2v) is 7.46. The zero-order valence-electron chi connectivity index (χ0n) is 15.8. The number of hydrogen-bond acceptors (Lipinski definition) is 6. The second kappa shape index (κ2) is 9.61. The molecule has 9 nitrogen and oxygen atoms in total. The molecule has 1 saturated carbocycles. The normalized spacial score (nSPS) is 20.8. The molecule has 3 N–H and O–H groups in total. The van der Waals surface area contributed by atoms with Crippen LogP contribution in [-0.2, 0) is 14.4 Å². The Balaban J connectivity index is 1.68. The van der Waals surface area contributed by atoms with Gasteiger partial charge in [-0.1, -0.05) is 25.7 Å². The highest BCUT2D eigenvalue weighted by atomic mass is 16.5. The second-order valence-electron chi connectivity index (χ2n) is 7.46. The summed E-state index contributed by atoms with van der Waals surface area (Å²) in [6, 6.07) is 2.72. The summed E-state index contributed by atoms with van der Waals surface area (Å²) in [6.45, 7) is 0.433. The van der Waals surface area contributed by atoms with E-state index in [0.29, 0.717) is 42.5 Å². The maximum Gasteiger partial charge on any atom is 0.248 e. The number of anilines is 1. The molecule has 3 rings (SSSR count). The Morgan fingerprint density at radius 1 is 1.32 bits per heavy atom. The summed E-state index contributed by atoms with van der Waals surface area (Å²) in [5.41, 5.74) is 3.61. The lowest BCUT2D eigenvalue weighted by molar-refractivity contribution is -0.159. The number of nitrogens with zero attached hydrogens (tertiary/aromatic N) is 3. The maximum atomic E-state index is 13.2. The number of pyridine rings is 1. The van der Waals surface area contributed by atoms with Crippen molar-refractivity contribution in [1.82, 2.24) is 20.5 Å². The number of amides is 3. The summed E-state index contributed by atoms with van der Waals surface area (Å²) < 4.78 is 0. The van der Waals surface area contributed by atoms with E-state index >= 15 is 0 Å². The molecule has 1 aromatic heterocycles. The van der Waals surface area contributed by atoms with Crippen LogP contribution in [0.5, 0.6) is 0 Å². The van der Waals surface area contributed by atoms with Gasteiger partial charge >= 0.3 is 0 Å². The predicted molar refractivity (Wildman–Crippen MR) is 101 cm³/mol. The monoisotopic (exact) mass is 389 g/mol. The van der Waals surface area contributed by atoms with E-state index in [2.05, 4.69) is 15.7 Å². The van der Waals surface area contributed by atoms with Gasteiger partial charge in [-0.05, 0) is 30.9 Å². The Morgan fingerprint density at radius 3 is 2.71 bits per heavy atom. The highest BCUT2D eigenvalue weighted by Crippen LogP contribution is 2.31. The van der Waals surface area contributed by atoms with Crippen molar-refractivity contribution in [2.45, 2.75) is 44.6 Å². The third-order valence-corrected chi connectivity index (χ3v) is 5.47. The van der Waals surface area contributed by atoms with Gasteiger partial charge in [-0.3, -0.25) is 29.6 Å². The van der Waals surface area contributed by atoms with Crippen LogP contribution in [0, 0.1) is 11.8 Å². The minimum absolute atomic E-state index is 0.0737. The number of carbonyl (C=O) groups is 3. The Bertz CT molecular complexity index is 680. The van der Waals surface area contributed by atoms with Crippen LogP contribution >= 0.6 is 0 Å². The molecule has 3 amide bonds. The molecule has 0 aromatic carbocycles. The zero-order chi connectivity index (χ0) is 19.9. The lowest BCUT2D eigenvalue weighted by Gasteiger charge is -2.29. The third kappa shape index (κ3) is 5.05. The fourth-order valence-electron chi connectivity index (χ4n) is 4.07. The van der Waals surface area contributed by atoms with Gasteiger partial charge in [-0.2, -0.15) is 0 Å². The summed E-state index contributed by atoms with van der Waals surface area (Å²) in [5.74, 6) is -0.693.